The number of aliphatic hydroxyl groups is 1. The summed E-state index contributed by atoms with van der Waals surface area (Å²) in [5.74, 6) is 1.06. The summed E-state index contributed by atoms with van der Waals surface area (Å²) in [5.41, 5.74) is 0.447. The molecule has 5 nitrogen and oxygen atoms in total. The van der Waals surface area contributed by atoms with Gasteiger partial charge in [-0.2, -0.15) is 0 Å². The lowest BCUT2D eigenvalue weighted by molar-refractivity contribution is 0.0890. The molecular weight excluding hydrogens is 258 g/mol. The molecule has 0 aliphatic carbocycles. The van der Waals surface area contributed by atoms with Gasteiger partial charge in [-0.3, -0.25) is 4.79 Å². The van der Waals surface area contributed by atoms with Crippen LogP contribution in [-0.4, -0.2) is 37.9 Å². The molecule has 1 amide bonds. The number of rotatable bonds is 7. The van der Waals surface area contributed by atoms with Gasteiger partial charge in [-0.15, -0.1) is 0 Å². The van der Waals surface area contributed by atoms with Crippen molar-refractivity contribution in [2.75, 3.05) is 20.8 Å². The van der Waals surface area contributed by atoms with Crippen LogP contribution in [0, 0.1) is 5.92 Å². The number of methoxy groups -OCH3 is 2. The van der Waals surface area contributed by atoms with E-state index in [1.54, 1.807) is 18.2 Å². The van der Waals surface area contributed by atoms with Crippen LogP contribution >= 0.6 is 0 Å². The Kier molecular flexibility index (Phi) is 6.31. The number of aliphatic hydroxyl groups excluding tert-OH is 1. The molecule has 0 unspecified atom stereocenters. The number of benzene rings is 1. The maximum absolute atomic E-state index is 12.2. The molecular formula is C15H23NO4. The average Bonchev–Trinajstić information content (AvgIpc) is 2.50. The van der Waals surface area contributed by atoms with Crippen LogP contribution in [0.2, 0.25) is 0 Å². The molecule has 0 fully saturated rings. The highest BCUT2D eigenvalue weighted by atomic mass is 16.5. The van der Waals surface area contributed by atoms with Crippen LogP contribution in [0.4, 0.5) is 0 Å². The number of ether oxygens (including phenoxy) is 2. The zero-order chi connectivity index (χ0) is 15.1. The summed E-state index contributed by atoms with van der Waals surface area (Å²) in [6.07, 6.45) is 0.882. The Morgan fingerprint density at radius 2 is 1.80 bits per heavy atom. The normalized spacial score (nSPS) is 13.4. The predicted octanol–water partition coefficient (Wildman–Crippen LogP) is 1.84. The van der Waals surface area contributed by atoms with E-state index in [0.29, 0.717) is 17.1 Å². The van der Waals surface area contributed by atoms with E-state index in [0.717, 1.165) is 6.42 Å². The van der Waals surface area contributed by atoms with Crippen LogP contribution in [0.5, 0.6) is 11.5 Å². The van der Waals surface area contributed by atoms with Crippen LogP contribution in [0.15, 0.2) is 18.2 Å². The fraction of sp³-hybridized carbons (Fsp3) is 0.533. The van der Waals surface area contributed by atoms with Gasteiger partial charge in [0, 0.05) is 11.6 Å². The third kappa shape index (κ3) is 4.13. The smallest absolute Gasteiger partial charge is 0.251 e. The second-order valence-electron chi connectivity index (χ2n) is 4.75. The van der Waals surface area contributed by atoms with E-state index in [9.17, 15) is 9.90 Å². The Hall–Kier alpha value is -1.75. The highest BCUT2D eigenvalue weighted by Gasteiger charge is 2.19. The van der Waals surface area contributed by atoms with Crippen molar-refractivity contribution >= 4 is 5.91 Å². The molecule has 20 heavy (non-hydrogen) atoms. The molecule has 5 heteroatoms. The maximum atomic E-state index is 12.2. The minimum atomic E-state index is -0.260. The van der Waals surface area contributed by atoms with Gasteiger partial charge in [0.15, 0.2) is 0 Å². The molecule has 1 rings (SSSR count). The van der Waals surface area contributed by atoms with Gasteiger partial charge in [-0.25, -0.2) is 0 Å². The second-order valence-corrected chi connectivity index (χ2v) is 4.75. The van der Waals surface area contributed by atoms with Gasteiger partial charge in [0.05, 0.1) is 26.9 Å². The van der Waals surface area contributed by atoms with Crippen molar-refractivity contribution < 1.29 is 19.4 Å². The van der Waals surface area contributed by atoms with Crippen molar-refractivity contribution in [2.45, 2.75) is 26.3 Å². The number of hydrogen-bond donors (Lipinski definition) is 2. The maximum Gasteiger partial charge on any atom is 0.251 e. The molecule has 0 radical (unpaired) electrons. The Morgan fingerprint density at radius 1 is 1.25 bits per heavy atom. The minimum absolute atomic E-state index is 0.0815. The van der Waals surface area contributed by atoms with Crippen LogP contribution in [0.1, 0.15) is 30.6 Å². The molecule has 1 aromatic rings. The minimum Gasteiger partial charge on any atom is -0.497 e. The number of amides is 1. The summed E-state index contributed by atoms with van der Waals surface area (Å²) >= 11 is 0. The lowest BCUT2D eigenvalue weighted by atomic mass is 9.99. The highest BCUT2D eigenvalue weighted by Crippen LogP contribution is 2.22. The summed E-state index contributed by atoms with van der Waals surface area (Å²) < 4.78 is 10.3. The number of hydrogen-bond acceptors (Lipinski definition) is 4. The van der Waals surface area contributed by atoms with E-state index < -0.39 is 0 Å². The third-order valence-electron chi connectivity index (χ3n) is 3.46. The lowest BCUT2D eigenvalue weighted by Gasteiger charge is -2.22. The summed E-state index contributed by atoms with van der Waals surface area (Å²) in [4.78, 5) is 12.2. The first-order valence-corrected chi connectivity index (χ1v) is 6.70. The van der Waals surface area contributed by atoms with Gasteiger partial charge >= 0.3 is 0 Å². The summed E-state index contributed by atoms with van der Waals surface area (Å²) in [5, 5.41) is 12.2. The Bertz CT molecular complexity index is 425. The first-order chi connectivity index (χ1) is 9.55. The van der Waals surface area contributed by atoms with Crippen LogP contribution in [0.25, 0.3) is 0 Å². The first-order valence-electron chi connectivity index (χ1n) is 6.70. The van der Waals surface area contributed by atoms with E-state index in [1.165, 1.54) is 14.2 Å². The molecule has 0 aliphatic heterocycles. The van der Waals surface area contributed by atoms with E-state index >= 15 is 0 Å². The molecule has 0 spiro atoms. The van der Waals surface area contributed by atoms with Crippen molar-refractivity contribution in [3.63, 3.8) is 0 Å². The average molecular weight is 281 g/mol. The summed E-state index contributed by atoms with van der Waals surface area (Å²) in [6, 6.07) is 4.73. The molecule has 0 saturated heterocycles. The third-order valence-corrected chi connectivity index (χ3v) is 3.46. The van der Waals surface area contributed by atoms with E-state index in [1.807, 2.05) is 13.8 Å². The highest BCUT2D eigenvalue weighted by molar-refractivity contribution is 5.95. The van der Waals surface area contributed by atoms with Gasteiger partial charge < -0.3 is 19.9 Å². The Labute approximate surface area is 119 Å². The molecule has 0 bridgehead atoms. The molecule has 0 heterocycles. The van der Waals surface area contributed by atoms with Crippen molar-refractivity contribution in [2.24, 2.45) is 5.92 Å². The van der Waals surface area contributed by atoms with Crippen molar-refractivity contribution in [1.82, 2.24) is 5.32 Å². The fourth-order valence-electron chi connectivity index (χ4n) is 1.84. The van der Waals surface area contributed by atoms with Crippen LogP contribution < -0.4 is 14.8 Å². The van der Waals surface area contributed by atoms with Gasteiger partial charge in [0.25, 0.3) is 5.91 Å². The quantitative estimate of drug-likeness (QED) is 0.800. The fourth-order valence-corrected chi connectivity index (χ4v) is 1.84. The topological polar surface area (TPSA) is 67.8 Å². The van der Waals surface area contributed by atoms with Gasteiger partial charge in [-0.05, 0) is 18.1 Å². The van der Waals surface area contributed by atoms with E-state index in [-0.39, 0.29) is 24.5 Å². The molecule has 1 aromatic carbocycles. The van der Waals surface area contributed by atoms with E-state index in [2.05, 4.69) is 5.32 Å². The Morgan fingerprint density at radius 3 is 2.20 bits per heavy atom. The summed E-state index contributed by atoms with van der Waals surface area (Å²) in [7, 11) is 3.07. The predicted molar refractivity (Wildman–Crippen MR) is 77.3 cm³/mol. The monoisotopic (exact) mass is 281 g/mol. The zero-order valence-corrected chi connectivity index (χ0v) is 12.5. The van der Waals surface area contributed by atoms with Crippen molar-refractivity contribution in [3.05, 3.63) is 23.8 Å². The molecule has 2 atom stereocenters. The van der Waals surface area contributed by atoms with Gasteiger partial charge in [0.1, 0.15) is 11.5 Å². The number of carbonyl (C=O) groups is 1. The van der Waals surface area contributed by atoms with Crippen LogP contribution in [-0.2, 0) is 0 Å². The standard InChI is InChI=1S/C15H23NO4/c1-5-10(2)14(9-17)16-15(18)11-6-12(19-3)8-13(7-11)20-4/h6-8,10,14,17H,5,9H2,1-4H3,(H,16,18)/t10-,14+/m0/s1. The second kappa shape index (κ2) is 7.75. The first kappa shape index (κ1) is 16.3. The van der Waals surface area contributed by atoms with Crippen molar-refractivity contribution in [1.29, 1.82) is 0 Å². The summed E-state index contributed by atoms with van der Waals surface area (Å²) in [6.45, 7) is 3.93. The molecule has 0 aliphatic rings. The van der Waals surface area contributed by atoms with Crippen LogP contribution in [0.3, 0.4) is 0 Å². The SMILES string of the molecule is CC[C@H](C)[C@@H](CO)NC(=O)c1cc(OC)cc(OC)c1. The number of nitrogens with one attached hydrogen (secondary N) is 1. The molecule has 112 valence electrons. The van der Waals surface area contributed by atoms with Gasteiger partial charge in [-0.1, -0.05) is 20.3 Å². The van der Waals surface area contributed by atoms with Gasteiger partial charge in [0.2, 0.25) is 0 Å². The van der Waals surface area contributed by atoms with Crippen molar-refractivity contribution in [3.8, 4) is 11.5 Å². The lowest BCUT2D eigenvalue weighted by Crippen LogP contribution is -2.41. The zero-order valence-electron chi connectivity index (χ0n) is 12.5. The largest absolute Gasteiger partial charge is 0.497 e. The molecule has 0 aromatic heterocycles. The number of carbonyl (C=O) groups excluding carboxylic acids is 1. The molecule has 2 N–H and O–H groups in total. The molecule has 0 saturated carbocycles. The van der Waals surface area contributed by atoms with E-state index in [4.69, 9.17) is 9.47 Å². The Balaban J connectivity index is 2.90.